The average molecular weight is 551 g/mol. The van der Waals surface area contributed by atoms with E-state index in [-0.39, 0.29) is 23.7 Å². The number of rotatable bonds is 8. The van der Waals surface area contributed by atoms with Crippen molar-refractivity contribution in [1.82, 2.24) is 20.4 Å². The third-order valence-corrected chi connectivity index (χ3v) is 5.69. The lowest BCUT2D eigenvalue weighted by molar-refractivity contribution is -0.114. The quantitative estimate of drug-likeness (QED) is 0.389. The van der Waals surface area contributed by atoms with Crippen molar-refractivity contribution in [2.45, 2.75) is 26.4 Å². The minimum absolute atomic E-state index is 0.0235. The highest BCUT2D eigenvalue weighted by Gasteiger charge is 2.22. The summed E-state index contributed by atoms with van der Waals surface area (Å²) in [5.74, 6) is -2.01. The van der Waals surface area contributed by atoms with Crippen molar-refractivity contribution >= 4 is 50.9 Å². The summed E-state index contributed by atoms with van der Waals surface area (Å²) in [7, 11) is 0. The normalized spacial score (nSPS) is 11.6. The molecule has 0 aliphatic rings. The molecule has 0 spiro atoms. The van der Waals surface area contributed by atoms with Crippen LogP contribution in [0.1, 0.15) is 46.3 Å². The first-order valence-corrected chi connectivity index (χ1v) is 11.5. The van der Waals surface area contributed by atoms with Crippen LogP contribution in [0.2, 0.25) is 5.02 Å². The Morgan fingerprint density at radius 2 is 1.94 bits per heavy atom. The number of carbonyl (C=O) groups is 3. The SMILES string of the molecule is CCn1ncc(Br)c1C(=O)NC(CNC(=O)c1ccc(F)c(NC(C)=O)c1)c1cccc(Cl)c1. The van der Waals surface area contributed by atoms with Gasteiger partial charge in [0.2, 0.25) is 5.91 Å². The Kier molecular flexibility index (Phi) is 8.41. The van der Waals surface area contributed by atoms with Gasteiger partial charge >= 0.3 is 0 Å². The van der Waals surface area contributed by atoms with Gasteiger partial charge in [0.1, 0.15) is 11.5 Å². The molecule has 0 saturated heterocycles. The van der Waals surface area contributed by atoms with Crippen LogP contribution < -0.4 is 16.0 Å². The first kappa shape index (κ1) is 25.4. The van der Waals surface area contributed by atoms with E-state index in [2.05, 4.69) is 37.0 Å². The second kappa shape index (κ2) is 11.3. The molecular weight excluding hydrogens is 529 g/mol. The van der Waals surface area contributed by atoms with E-state index in [1.807, 2.05) is 6.92 Å². The molecule has 1 unspecified atom stereocenters. The molecule has 2 aromatic carbocycles. The van der Waals surface area contributed by atoms with Crippen LogP contribution in [0.25, 0.3) is 0 Å². The largest absolute Gasteiger partial charge is 0.350 e. The van der Waals surface area contributed by atoms with Gasteiger partial charge in [0.25, 0.3) is 11.8 Å². The maximum absolute atomic E-state index is 13.9. The molecule has 0 radical (unpaired) electrons. The minimum Gasteiger partial charge on any atom is -0.350 e. The van der Waals surface area contributed by atoms with E-state index < -0.39 is 23.7 Å². The Hall–Kier alpha value is -3.24. The van der Waals surface area contributed by atoms with Gasteiger partial charge in [0.15, 0.2) is 0 Å². The van der Waals surface area contributed by atoms with Gasteiger partial charge in [-0.15, -0.1) is 0 Å². The van der Waals surface area contributed by atoms with E-state index in [9.17, 15) is 18.8 Å². The molecule has 34 heavy (non-hydrogen) atoms. The Labute approximate surface area is 209 Å². The molecule has 178 valence electrons. The zero-order chi connectivity index (χ0) is 24.8. The predicted molar refractivity (Wildman–Crippen MR) is 130 cm³/mol. The number of hydrogen-bond donors (Lipinski definition) is 3. The average Bonchev–Trinajstić information content (AvgIpc) is 3.18. The van der Waals surface area contributed by atoms with E-state index in [0.717, 1.165) is 6.07 Å². The van der Waals surface area contributed by atoms with E-state index in [0.29, 0.717) is 27.3 Å². The Morgan fingerprint density at radius 3 is 2.62 bits per heavy atom. The van der Waals surface area contributed by atoms with Gasteiger partial charge in [-0.05, 0) is 58.7 Å². The van der Waals surface area contributed by atoms with Crippen LogP contribution in [0, 0.1) is 5.82 Å². The molecule has 1 atom stereocenters. The van der Waals surface area contributed by atoms with Crippen LogP contribution in [0.4, 0.5) is 10.1 Å². The molecule has 0 aliphatic carbocycles. The lowest BCUT2D eigenvalue weighted by atomic mass is 10.1. The summed E-state index contributed by atoms with van der Waals surface area (Å²) in [6.45, 7) is 3.62. The maximum Gasteiger partial charge on any atom is 0.271 e. The van der Waals surface area contributed by atoms with Gasteiger partial charge in [0.05, 0.1) is 22.4 Å². The van der Waals surface area contributed by atoms with Gasteiger partial charge in [-0.2, -0.15) is 5.10 Å². The van der Waals surface area contributed by atoms with E-state index in [1.165, 1.54) is 25.3 Å². The number of anilines is 1. The fourth-order valence-electron chi connectivity index (χ4n) is 3.28. The summed E-state index contributed by atoms with van der Waals surface area (Å²) in [6, 6.07) is 9.94. The number of nitrogens with one attached hydrogen (secondary N) is 3. The third kappa shape index (κ3) is 6.21. The van der Waals surface area contributed by atoms with Gasteiger partial charge in [0, 0.05) is 30.6 Å². The number of aromatic nitrogens is 2. The molecule has 0 fully saturated rings. The lowest BCUT2D eigenvalue weighted by Gasteiger charge is -2.21. The number of nitrogens with zero attached hydrogens (tertiary/aromatic N) is 2. The van der Waals surface area contributed by atoms with Crippen LogP contribution in [0.5, 0.6) is 0 Å². The first-order valence-electron chi connectivity index (χ1n) is 10.3. The smallest absolute Gasteiger partial charge is 0.271 e. The molecule has 1 aromatic heterocycles. The molecule has 3 amide bonds. The monoisotopic (exact) mass is 549 g/mol. The summed E-state index contributed by atoms with van der Waals surface area (Å²) < 4.78 is 16.0. The molecule has 11 heteroatoms. The Bertz CT molecular complexity index is 1230. The second-order valence-electron chi connectivity index (χ2n) is 7.32. The number of carbonyl (C=O) groups excluding carboxylic acids is 3. The molecule has 3 aromatic rings. The van der Waals surface area contributed by atoms with Crippen molar-refractivity contribution in [2.24, 2.45) is 0 Å². The Morgan fingerprint density at radius 1 is 1.18 bits per heavy atom. The van der Waals surface area contributed by atoms with Gasteiger partial charge in [-0.3, -0.25) is 19.1 Å². The van der Waals surface area contributed by atoms with Crippen LogP contribution in [-0.4, -0.2) is 34.0 Å². The predicted octanol–water partition coefficient (Wildman–Crippen LogP) is 4.32. The zero-order valence-corrected chi connectivity index (χ0v) is 20.7. The summed E-state index contributed by atoms with van der Waals surface area (Å²) in [4.78, 5) is 37.1. The molecule has 3 rings (SSSR count). The van der Waals surface area contributed by atoms with Crippen molar-refractivity contribution in [3.63, 3.8) is 0 Å². The number of amides is 3. The highest BCUT2D eigenvalue weighted by Crippen LogP contribution is 2.21. The van der Waals surface area contributed by atoms with Crippen molar-refractivity contribution < 1.29 is 18.8 Å². The van der Waals surface area contributed by atoms with Crippen LogP contribution in [0.15, 0.2) is 53.1 Å². The summed E-state index contributed by atoms with van der Waals surface area (Å²) >= 11 is 9.48. The number of benzene rings is 2. The molecule has 0 aliphatic heterocycles. The Balaban J connectivity index is 1.81. The fourth-order valence-corrected chi connectivity index (χ4v) is 3.95. The molecule has 1 heterocycles. The van der Waals surface area contributed by atoms with Crippen molar-refractivity contribution in [3.8, 4) is 0 Å². The van der Waals surface area contributed by atoms with Crippen molar-refractivity contribution in [3.05, 3.63) is 80.8 Å². The van der Waals surface area contributed by atoms with Crippen molar-refractivity contribution in [1.29, 1.82) is 0 Å². The maximum atomic E-state index is 13.9. The van der Waals surface area contributed by atoms with Gasteiger partial charge < -0.3 is 16.0 Å². The second-order valence-corrected chi connectivity index (χ2v) is 8.61. The third-order valence-electron chi connectivity index (χ3n) is 4.87. The fraction of sp³-hybridized carbons (Fsp3) is 0.217. The van der Waals surface area contributed by atoms with E-state index in [1.54, 1.807) is 28.9 Å². The minimum atomic E-state index is -0.658. The molecule has 0 saturated carbocycles. The van der Waals surface area contributed by atoms with Crippen LogP contribution in [-0.2, 0) is 11.3 Å². The summed E-state index contributed by atoms with van der Waals surface area (Å²) in [6.07, 6.45) is 1.54. The number of hydrogen-bond acceptors (Lipinski definition) is 4. The summed E-state index contributed by atoms with van der Waals surface area (Å²) in [5, 5.41) is 12.6. The number of aryl methyl sites for hydroxylation is 1. The highest BCUT2D eigenvalue weighted by atomic mass is 79.9. The van der Waals surface area contributed by atoms with Crippen LogP contribution >= 0.6 is 27.5 Å². The van der Waals surface area contributed by atoms with Gasteiger partial charge in [-0.25, -0.2) is 4.39 Å². The standard InChI is InChI=1S/C23H22BrClFN5O3/c1-3-31-21(17(24)11-28-31)23(34)30-20(14-5-4-6-16(25)9-14)12-27-22(33)15-7-8-18(26)19(10-15)29-13(2)32/h4-11,20H,3,12H2,1-2H3,(H,27,33)(H,29,32)(H,30,34). The summed E-state index contributed by atoms with van der Waals surface area (Å²) in [5.41, 5.74) is 1.07. The number of halogens is 3. The van der Waals surface area contributed by atoms with E-state index >= 15 is 0 Å². The molecule has 8 nitrogen and oxygen atoms in total. The molecular formula is C23H22BrClFN5O3. The first-order chi connectivity index (χ1) is 16.2. The van der Waals surface area contributed by atoms with Crippen LogP contribution in [0.3, 0.4) is 0 Å². The topological polar surface area (TPSA) is 105 Å². The molecule has 0 bridgehead atoms. The van der Waals surface area contributed by atoms with Gasteiger partial charge in [-0.1, -0.05) is 23.7 Å². The lowest BCUT2D eigenvalue weighted by Crippen LogP contribution is -2.38. The van der Waals surface area contributed by atoms with E-state index in [4.69, 9.17) is 11.6 Å². The van der Waals surface area contributed by atoms with Crippen molar-refractivity contribution in [2.75, 3.05) is 11.9 Å². The molecule has 3 N–H and O–H groups in total. The zero-order valence-electron chi connectivity index (χ0n) is 18.4. The highest BCUT2D eigenvalue weighted by molar-refractivity contribution is 9.10.